The minimum absolute atomic E-state index is 0.251. The van der Waals surface area contributed by atoms with Gasteiger partial charge in [0.2, 0.25) is 10.0 Å². The quantitative estimate of drug-likeness (QED) is 0.662. The first-order chi connectivity index (χ1) is 9.21. The van der Waals surface area contributed by atoms with Crippen LogP contribution in [-0.2, 0) is 14.8 Å². The first kappa shape index (κ1) is 16.5. The van der Waals surface area contributed by atoms with Crippen molar-refractivity contribution in [3.05, 3.63) is 29.3 Å². The van der Waals surface area contributed by atoms with Gasteiger partial charge in [0.25, 0.3) is 5.91 Å². The monoisotopic (exact) mass is 317 g/mol. The first-order valence-electron chi connectivity index (χ1n) is 5.74. The topological polar surface area (TPSA) is 78.8 Å². The van der Waals surface area contributed by atoms with Crippen molar-refractivity contribution < 1.29 is 13.2 Å². The Morgan fingerprint density at radius 3 is 2.45 bits per heavy atom. The molecule has 0 bridgehead atoms. The van der Waals surface area contributed by atoms with Gasteiger partial charge in [0, 0.05) is 5.71 Å². The number of carbonyl (C=O) groups is 1. The van der Waals surface area contributed by atoms with Gasteiger partial charge in [-0.25, -0.2) is 13.8 Å². The summed E-state index contributed by atoms with van der Waals surface area (Å²) in [6, 6.07) is 6.41. The normalized spacial score (nSPS) is 10.8. The van der Waals surface area contributed by atoms with Gasteiger partial charge in [-0.1, -0.05) is 23.7 Å². The molecule has 0 saturated heterocycles. The van der Waals surface area contributed by atoms with Crippen molar-refractivity contribution in [1.29, 1.82) is 0 Å². The largest absolute Gasteiger partial charge is 0.271 e. The molecule has 1 aromatic rings. The number of halogens is 1. The van der Waals surface area contributed by atoms with Crippen molar-refractivity contribution in [3.63, 3.8) is 0 Å². The minimum Gasteiger partial charge on any atom is -0.271 e. The van der Waals surface area contributed by atoms with E-state index in [1.807, 2.05) is 0 Å². The van der Waals surface area contributed by atoms with E-state index < -0.39 is 15.9 Å². The molecule has 1 N–H and O–H groups in total. The highest BCUT2D eigenvalue weighted by molar-refractivity contribution is 7.92. The van der Waals surface area contributed by atoms with Gasteiger partial charge in [-0.2, -0.15) is 5.10 Å². The average molecular weight is 318 g/mol. The van der Waals surface area contributed by atoms with Gasteiger partial charge in [0.05, 0.1) is 17.0 Å². The van der Waals surface area contributed by atoms with E-state index in [2.05, 4.69) is 10.5 Å². The molecule has 110 valence electrons. The molecule has 0 fully saturated rings. The zero-order chi connectivity index (χ0) is 15.3. The van der Waals surface area contributed by atoms with Crippen molar-refractivity contribution >= 4 is 38.9 Å². The van der Waals surface area contributed by atoms with Crippen LogP contribution in [0.5, 0.6) is 0 Å². The second kappa shape index (κ2) is 6.71. The van der Waals surface area contributed by atoms with E-state index in [9.17, 15) is 13.2 Å². The molecule has 0 heterocycles. The summed E-state index contributed by atoms with van der Waals surface area (Å²) in [6.07, 6.45) is 1.01. The van der Waals surface area contributed by atoms with Gasteiger partial charge in [-0.3, -0.25) is 9.10 Å². The minimum atomic E-state index is -3.63. The van der Waals surface area contributed by atoms with E-state index in [0.29, 0.717) is 5.71 Å². The molecule has 0 saturated carbocycles. The smallest absolute Gasteiger partial charge is 0.260 e. The number of hydrogen-bond donors (Lipinski definition) is 1. The van der Waals surface area contributed by atoms with Crippen molar-refractivity contribution in [3.8, 4) is 0 Å². The predicted octanol–water partition coefficient (Wildman–Crippen LogP) is 1.62. The molecule has 6 nitrogen and oxygen atoms in total. The molecule has 0 unspecified atom stereocenters. The molecular formula is C12H16ClN3O3S. The zero-order valence-corrected chi connectivity index (χ0v) is 13.0. The molecule has 20 heavy (non-hydrogen) atoms. The lowest BCUT2D eigenvalue weighted by Gasteiger charge is -2.22. The highest BCUT2D eigenvalue weighted by Gasteiger charge is 2.22. The molecule has 1 aromatic carbocycles. The maximum atomic E-state index is 11.8. The Kier molecular flexibility index (Phi) is 5.52. The second-order valence-corrected chi connectivity index (χ2v) is 6.63. The van der Waals surface area contributed by atoms with Crippen LogP contribution in [0.15, 0.2) is 29.4 Å². The molecule has 0 spiro atoms. The predicted molar refractivity (Wildman–Crippen MR) is 80.6 cm³/mol. The molecule has 0 radical (unpaired) electrons. The number of para-hydroxylation sites is 1. The van der Waals surface area contributed by atoms with E-state index in [-0.39, 0.29) is 17.3 Å². The van der Waals surface area contributed by atoms with Crippen LogP contribution in [0.1, 0.15) is 13.8 Å². The van der Waals surface area contributed by atoms with E-state index >= 15 is 0 Å². The van der Waals surface area contributed by atoms with Crippen LogP contribution in [0.2, 0.25) is 5.02 Å². The molecule has 0 atom stereocenters. The zero-order valence-electron chi connectivity index (χ0n) is 11.4. The Bertz CT molecular complexity index is 625. The number of rotatable bonds is 5. The van der Waals surface area contributed by atoms with Gasteiger partial charge < -0.3 is 0 Å². The van der Waals surface area contributed by atoms with Crippen LogP contribution >= 0.6 is 11.6 Å². The SMILES string of the molecule is CC(C)=NNC(=O)CN(c1ccccc1Cl)S(C)(=O)=O. The molecule has 0 aliphatic rings. The maximum absolute atomic E-state index is 11.8. The average Bonchev–Trinajstić information content (AvgIpc) is 2.33. The highest BCUT2D eigenvalue weighted by atomic mass is 35.5. The Labute approximate surface area is 123 Å². The van der Waals surface area contributed by atoms with Crippen molar-refractivity contribution in [2.45, 2.75) is 13.8 Å². The van der Waals surface area contributed by atoms with Gasteiger partial charge >= 0.3 is 0 Å². The fraction of sp³-hybridized carbons (Fsp3) is 0.333. The number of nitrogens with zero attached hydrogens (tertiary/aromatic N) is 2. The first-order valence-corrected chi connectivity index (χ1v) is 7.96. The van der Waals surface area contributed by atoms with E-state index in [1.165, 1.54) is 6.07 Å². The fourth-order valence-corrected chi connectivity index (χ4v) is 2.53. The third-order valence-corrected chi connectivity index (χ3v) is 3.66. The summed E-state index contributed by atoms with van der Waals surface area (Å²) < 4.78 is 24.6. The lowest BCUT2D eigenvalue weighted by atomic mass is 10.3. The summed E-state index contributed by atoms with van der Waals surface area (Å²) in [5, 5.41) is 3.99. The number of hydrazone groups is 1. The molecular weight excluding hydrogens is 302 g/mol. The van der Waals surface area contributed by atoms with Gasteiger partial charge in [0.1, 0.15) is 6.54 Å². The van der Waals surface area contributed by atoms with Gasteiger partial charge in [-0.05, 0) is 26.0 Å². The Balaban J connectivity index is 3.02. The summed E-state index contributed by atoms with van der Waals surface area (Å²) in [6.45, 7) is 3.03. The molecule has 0 aliphatic carbocycles. The summed E-state index contributed by atoms with van der Waals surface area (Å²) in [7, 11) is -3.63. The fourth-order valence-electron chi connectivity index (χ4n) is 1.38. The van der Waals surface area contributed by atoms with Crippen LogP contribution in [-0.4, -0.2) is 32.8 Å². The standard InChI is InChI=1S/C12H16ClN3O3S/c1-9(2)14-15-12(17)8-16(20(3,18)19)11-7-5-4-6-10(11)13/h4-7H,8H2,1-3H3,(H,15,17). The van der Waals surface area contributed by atoms with Crippen molar-refractivity contribution in [2.24, 2.45) is 5.10 Å². The van der Waals surface area contributed by atoms with E-state index in [4.69, 9.17) is 11.6 Å². The van der Waals surface area contributed by atoms with Crippen LogP contribution in [0.4, 0.5) is 5.69 Å². The van der Waals surface area contributed by atoms with Crippen LogP contribution in [0.3, 0.4) is 0 Å². The number of anilines is 1. The van der Waals surface area contributed by atoms with Crippen LogP contribution in [0, 0.1) is 0 Å². The number of carbonyl (C=O) groups excluding carboxylic acids is 1. The Morgan fingerprint density at radius 1 is 1.35 bits per heavy atom. The number of hydrogen-bond acceptors (Lipinski definition) is 4. The summed E-state index contributed by atoms with van der Waals surface area (Å²) >= 11 is 5.97. The van der Waals surface area contributed by atoms with Crippen molar-refractivity contribution in [1.82, 2.24) is 5.43 Å². The molecule has 8 heteroatoms. The van der Waals surface area contributed by atoms with Crippen molar-refractivity contribution in [2.75, 3.05) is 17.1 Å². The number of sulfonamides is 1. The number of benzene rings is 1. The summed E-state index contributed by atoms with van der Waals surface area (Å²) in [4.78, 5) is 11.7. The van der Waals surface area contributed by atoms with Crippen LogP contribution < -0.4 is 9.73 Å². The third-order valence-electron chi connectivity index (χ3n) is 2.21. The molecule has 1 rings (SSSR count). The molecule has 1 amide bonds. The molecule has 0 aliphatic heterocycles. The Hall–Kier alpha value is -1.60. The lowest BCUT2D eigenvalue weighted by molar-refractivity contribution is -0.119. The lowest BCUT2D eigenvalue weighted by Crippen LogP contribution is -2.39. The molecule has 0 aromatic heterocycles. The Morgan fingerprint density at radius 2 is 1.95 bits per heavy atom. The summed E-state index contributed by atoms with van der Waals surface area (Å²) in [5.74, 6) is -0.545. The van der Waals surface area contributed by atoms with E-state index in [0.717, 1.165) is 10.6 Å². The van der Waals surface area contributed by atoms with E-state index in [1.54, 1.807) is 32.0 Å². The second-order valence-electron chi connectivity index (χ2n) is 4.32. The maximum Gasteiger partial charge on any atom is 0.260 e. The number of amides is 1. The summed E-state index contributed by atoms with van der Waals surface area (Å²) in [5.41, 5.74) is 3.18. The van der Waals surface area contributed by atoms with Crippen LogP contribution in [0.25, 0.3) is 0 Å². The third kappa shape index (κ3) is 4.82. The van der Waals surface area contributed by atoms with Gasteiger partial charge in [-0.15, -0.1) is 0 Å². The van der Waals surface area contributed by atoms with Gasteiger partial charge in [0.15, 0.2) is 0 Å². The highest BCUT2D eigenvalue weighted by Crippen LogP contribution is 2.26. The number of nitrogens with one attached hydrogen (secondary N) is 1.